The van der Waals surface area contributed by atoms with E-state index in [9.17, 15) is 0 Å². The fourth-order valence-corrected chi connectivity index (χ4v) is 4.73. The van der Waals surface area contributed by atoms with E-state index < -0.39 is 0 Å². The van der Waals surface area contributed by atoms with E-state index in [0.717, 1.165) is 17.0 Å². The summed E-state index contributed by atoms with van der Waals surface area (Å²) < 4.78 is 1.31. The Hall–Kier alpha value is -1.09. The number of hydrogen-bond acceptors (Lipinski definition) is 3. The van der Waals surface area contributed by atoms with Crippen LogP contribution in [0.15, 0.2) is 18.2 Å². The summed E-state index contributed by atoms with van der Waals surface area (Å²) in [6, 6.07) is 7.12. The van der Waals surface area contributed by atoms with Gasteiger partial charge in [-0.05, 0) is 49.7 Å². The molecule has 4 rings (SSSR count). The lowest BCUT2D eigenvalue weighted by atomic mass is 9.96. The Morgan fingerprint density at radius 1 is 1.28 bits per heavy atom. The minimum atomic E-state index is 0.685. The number of para-hydroxylation sites is 1. The van der Waals surface area contributed by atoms with Gasteiger partial charge in [0, 0.05) is 6.04 Å². The summed E-state index contributed by atoms with van der Waals surface area (Å²) in [7, 11) is 0. The number of benzene rings is 1. The standard InChI is InChI=1S/C15H18N2S/c1-9-3-2-4-13-14(9)17-15(18-13)16-12-8-10-5-6-11(12)7-10/h2-4,10-12H,5-8H2,1H3,(H,16,17). The monoisotopic (exact) mass is 258 g/mol. The van der Waals surface area contributed by atoms with Crippen molar-refractivity contribution in [2.75, 3.05) is 5.32 Å². The molecule has 3 heteroatoms. The van der Waals surface area contributed by atoms with E-state index >= 15 is 0 Å². The Morgan fingerprint density at radius 3 is 2.94 bits per heavy atom. The van der Waals surface area contributed by atoms with Crippen LogP contribution in [0.4, 0.5) is 5.13 Å². The molecule has 2 aromatic rings. The van der Waals surface area contributed by atoms with Gasteiger partial charge >= 0.3 is 0 Å². The number of hydrogen-bond donors (Lipinski definition) is 1. The summed E-state index contributed by atoms with van der Waals surface area (Å²) >= 11 is 1.80. The molecule has 1 aromatic heterocycles. The summed E-state index contributed by atoms with van der Waals surface area (Å²) in [6.07, 6.45) is 5.69. The maximum absolute atomic E-state index is 4.77. The predicted molar refractivity (Wildman–Crippen MR) is 77.2 cm³/mol. The second-order valence-electron chi connectivity index (χ2n) is 5.87. The zero-order valence-corrected chi connectivity index (χ0v) is 11.5. The zero-order chi connectivity index (χ0) is 12.1. The van der Waals surface area contributed by atoms with Gasteiger partial charge in [0.25, 0.3) is 0 Å². The third kappa shape index (κ3) is 1.64. The van der Waals surface area contributed by atoms with E-state index in [1.54, 1.807) is 11.3 Å². The fourth-order valence-electron chi connectivity index (χ4n) is 3.73. The van der Waals surface area contributed by atoms with Crippen molar-refractivity contribution in [1.29, 1.82) is 0 Å². The van der Waals surface area contributed by atoms with E-state index in [1.165, 1.54) is 41.5 Å². The number of rotatable bonds is 2. The minimum absolute atomic E-state index is 0.685. The van der Waals surface area contributed by atoms with Gasteiger partial charge in [0.05, 0.1) is 10.2 Å². The highest BCUT2D eigenvalue weighted by Gasteiger charge is 2.39. The van der Waals surface area contributed by atoms with Crippen molar-refractivity contribution in [2.45, 2.75) is 38.6 Å². The van der Waals surface area contributed by atoms with Gasteiger partial charge in [-0.25, -0.2) is 4.98 Å². The van der Waals surface area contributed by atoms with Crippen molar-refractivity contribution in [3.05, 3.63) is 23.8 Å². The van der Waals surface area contributed by atoms with Crippen molar-refractivity contribution in [3.8, 4) is 0 Å². The molecule has 1 heterocycles. The molecule has 2 saturated carbocycles. The summed E-state index contributed by atoms with van der Waals surface area (Å²) in [4.78, 5) is 4.77. The molecule has 2 fully saturated rings. The van der Waals surface area contributed by atoms with Crippen LogP contribution >= 0.6 is 11.3 Å². The zero-order valence-electron chi connectivity index (χ0n) is 10.6. The molecule has 0 aliphatic heterocycles. The van der Waals surface area contributed by atoms with Crippen LogP contribution in [0.25, 0.3) is 10.2 Å². The lowest BCUT2D eigenvalue weighted by Crippen LogP contribution is -2.25. The van der Waals surface area contributed by atoms with Crippen molar-refractivity contribution >= 4 is 26.7 Å². The first-order chi connectivity index (χ1) is 8.79. The second kappa shape index (κ2) is 3.95. The van der Waals surface area contributed by atoms with Crippen LogP contribution in [0, 0.1) is 18.8 Å². The lowest BCUT2D eigenvalue weighted by molar-refractivity contribution is 0.439. The Morgan fingerprint density at radius 2 is 2.22 bits per heavy atom. The second-order valence-corrected chi connectivity index (χ2v) is 6.90. The van der Waals surface area contributed by atoms with Crippen molar-refractivity contribution < 1.29 is 0 Å². The third-order valence-corrected chi connectivity index (χ3v) is 5.62. The molecule has 3 atom stereocenters. The van der Waals surface area contributed by atoms with Crippen LogP contribution in [0.2, 0.25) is 0 Å². The quantitative estimate of drug-likeness (QED) is 0.873. The highest BCUT2D eigenvalue weighted by molar-refractivity contribution is 7.22. The smallest absolute Gasteiger partial charge is 0.184 e. The maximum Gasteiger partial charge on any atom is 0.184 e. The summed E-state index contributed by atoms with van der Waals surface area (Å²) in [6.45, 7) is 2.14. The van der Waals surface area contributed by atoms with E-state index in [2.05, 4.69) is 30.4 Å². The number of fused-ring (bicyclic) bond motifs is 3. The minimum Gasteiger partial charge on any atom is -0.358 e. The van der Waals surface area contributed by atoms with Crippen LogP contribution < -0.4 is 5.32 Å². The average molecular weight is 258 g/mol. The molecule has 1 N–H and O–H groups in total. The van der Waals surface area contributed by atoms with E-state index in [0.29, 0.717) is 6.04 Å². The highest BCUT2D eigenvalue weighted by atomic mass is 32.1. The molecule has 0 radical (unpaired) electrons. The van der Waals surface area contributed by atoms with Gasteiger partial charge in [0.15, 0.2) is 5.13 Å². The van der Waals surface area contributed by atoms with Gasteiger partial charge in [0.2, 0.25) is 0 Å². The number of nitrogens with one attached hydrogen (secondary N) is 1. The largest absolute Gasteiger partial charge is 0.358 e. The fraction of sp³-hybridized carbons (Fsp3) is 0.533. The predicted octanol–water partition coefficient (Wildman–Crippen LogP) is 4.21. The van der Waals surface area contributed by atoms with Crippen LogP contribution in [0.1, 0.15) is 31.2 Å². The Bertz CT molecular complexity index is 589. The first-order valence-corrected chi connectivity index (χ1v) is 7.74. The van der Waals surface area contributed by atoms with Gasteiger partial charge < -0.3 is 5.32 Å². The molecule has 1 aromatic carbocycles. The lowest BCUT2D eigenvalue weighted by Gasteiger charge is -2.22. The summed E-state index contributed by atoms with van der Waals surface area (Å²) in [5.41, 5.74) is 2.46. The molecule has 0 amide bonds. The Kier molecular flexibility index (Phi) is 2.37. The van der Waals surface area contributed by atoms with E-state index in [-0.39, 0.29) is 0 Å². The number of anilines is 1. The third-order valence-electron chi connectivity index (χ3n) is 4.67. The molecular formula is C15H18N2S. The first-order valence-electron chi connectivity index (χ1n) is 6.92. The molecule has 2 aliphatic carbocycles. The molecule has 0 spiro atoms. The molecule has 2 bridgehead atoms. The molecular weight excluding hydrogens is 240 g/mol. The van der Waals surface area contributed by atoms with Crippen molar-refractivity contribution in [3.63, 3.8) is 0 Å². The van der Waals surface area contributed by atoms with Gasteiger partial charge in [-0.1, -0.05) is 29.9 Å². The van der Waals surface area contributed by atoms with Crippen molar-refractivity contribution in [1.82, 2.24) is 4.98 Å². The Balaban J connectivity index is 1.61. The van der Waals surface area contributed by atoms with E-state index in [1.807, 2.05) is 0 Å². The Labute approximate surface area is 111 Å². The van der Waals surface area contributed by atoms with Crippen molar-refractivity contribution in [2.24, 2.45) is 11.8 Å². The SMILES string of the molecule is Cc1cccc2sc(NC3CC4CCC3C4)nc12. The topological polar surface area (TPSA) is 24.9 Å². The molecule has 3 unspecified atom stereocenters. The van der Waals surface area contributed by atoms with E-state index in [4.69, 9.17) is 4.98 Å². The molecule has 0 saturated heterocycles. The van der Waals surface area contributed by atoms with Gasteiger partial charge in [-0.2, -0.15) is 0 Å². The van der Waals surface area contributed by atoms with Crippen LogP contribution in [0.3, 0.4) is 0 Å². The first kappa shape index (κ1) is 10.8. The van der Waals surface area contributed by atoms with Gasteiger partial charge in [0.1, 0.15) is 0 Å². The average Bonchev–Trinajstić information content (AvgIpc) is 3.03. The summed E-state index contributed by atoms with van der Waals surface area (Å²) in [5, 5.41) is 4.82. The van der Waals surface area contributed by atoms with Crippen LogP contribution in [0.5, 0.6) is 0 Å². The normalized spacial score (nSPS) is 30.2. The number of nitrogens with zero attached hydrogens (tertiary/aromatic N) is 1. The van der Waals surface area contributed by atoms with Crippen LogP contribution in [-0.4, -0.2) is 11.0 Å². The van der Waals surface area contributed by atoms with Gasteiger partial charge in [-0.15, -0.1) is 0 Å². The molecule has 94 valence electrons. The summed E-state index contributed by atoms with van der Waals surface area (Å²) in [5.74, 6) is 1.90. The highest BCUT2D eigenvalue weighted by Crippen LogP contribution is 2.46. The molecule has 2 aliphatic rings. The number of thiazole rings is 1. The van der Waals surface area contributed by atoms with Gasteiger partial charge in [-0.3, -0.25) is 0 Å². The number of aryl methyl sites for hydroxylation is 1. The number of aromatic nitrogens is 1. The van der Waals surface area contributed by atoms with Crippen LogP contribution in [-0.2, 0) is 0 Å². The molecule has 18 heavy (non-hydrogen) atoms. The molecule has 2 nitrogen and oxygen atoms in total. The maximum atomic E-state index is 4.77.